The van der Waals surface area contributed by atoms with Crippen molar-refractivity contribution in [3.8, 4) is 0 Å². The summed E-state index contributed by atoms with van der Waals surface area (Å²) in [5.41, 5.74) is 0.517. The third-order valence-electron chi connectivity index (χ3n) is 4.33. The zero-order chi connectivity index (χ0) is 13.9. The van der Waals surface area contributed by atoms with E-state index in [0.29, 0.717) is 5.41 Å². The fourth-order valence-electron chi connectivity index (χ4n) is 2.61. The first-order valence-corrected chi connectivity index (χ1v) is 7.41. The van der Waals surface area contributed by atoms with Crippen LogP contribution in [0.15, 0.2) is 6.07 Å². The van der Waals surface area contributed by atoms with Gasteiger partial charge in [0, 0.05) is 25.7 Å². The van der Waals surface area contributed by atoms with Crippen molar-refractivity contribution < 1.29 is 0 Å². The molecule has 0 radical (unpaired) electrons. The van der Waals surface area contributed by atoms with Crippen LogP contribution in [0, 0.1) is 12.3 Å². The summed E-state index contributed by atoms with van der Waals surface area (Å²) >= 11 is 0. The van der Waals surface area contributed by atoms with Gasteiger partial charge in [-0.3, -0.25) is 0 Å². The largest absolute Gasteiger partial charge is 0.370 e. The molecule has 0 amide bonds. The van der Waals surface area contributed by atoms with Crippen LogP contribution in [0.1, 0.15) is 45.9 Å². The minimum Gasteiger partial charge on any atom is -0.370 e. The van der Waals surface area contributed by atoms with Crippen molar-refractivity contribution in [2.75, 3.05) is 29.9 Å². The molecule has 0 saturated carbocycles. The fraction of sp³-hybridized carbons (Fsp3) is 0.733. The van der Waals surface area contributed by atoms with Gasteiger partial charge in [0.15, 0.2) is 0 Å². The molecule has 4 nitrogen and oxygen atoms in total. The lowest BCUT2D eigenvalue weighted by Crippen LogP contribution is -2.39. The van der Waals surface area contributed by atoms with Gasteiger partial charge in [-0.1, -0.05) is 20.3 Å². The third kappa shape index (κ3) is 3.37. The van der Waals surface area contributed by atoms with Crippen molar-refractivity contribution in [3.05, 3.63) is 11.9 Å². The zero-order valence-electron chi connectivity index (χ0n) is 12.7. The molecule has 0 aliphatic carbocycles. The van der Waals surface area contributed by atoms with Gasteiger partial charge in [0.1, 0.15) is 17.5 Å². The summed E-state index contributed by atoms with van der Waals surface area (Å²) in [6, 6.07) is 2.07. The van der Waals surface area contributed by atoms with Crippen LogP contribution in [0.3, 0.4) is 0 Å². The van der Waals surface area contributed by atoms with E-state index < -0.39 is 0 Å². The SMILES string of the molecule is CCNc1cc(N2CCC(C)(CC)CC2)nc(C)n1. The van der Waals surface area contributed by atoms with Gasteiger partial charge in [-0.25, -0.2) is 9.97 Å². The molecule has 2 heterocycles. The van der Waals surface area contributed by atoms with E-state index in [2.05, 4.69) is 47.0 Å². The Morgan fingerprint density at radius 2 is 1.95 bits per heavy atom. The van der Waals surface area contributed by atoms with Crippen LogP contribution in [-0.2, 0) is 0 Å². The maximum atomic E-state index is 4.59. The Hall–Kier alpha value is -1.32. The lowest BCUT2D eigenvalue weighted by molar-refractivity contribution is 0.238. The Morgan fingerprint density at radius 3 is 2.53 bits per heavy atom. The predicted molar refractivity (Wildman–Crippen MR) is 80.8 cm³/mol. The molecule has 1 aliphatic heterocycles. The zero-order valence-corrected chi connectivity index (χ0v) is 12.7. The van der Waals surface area contributed by atoms with Crippen molar-refractivity contribution in [2.45, 2.75) is 47.0 Å². The molecule has 19 heavy (non-hydrogen) atoms. The summed E-state index contributed by atoms with van der Waals surface area (Å²) < 4.78 is 0. The average molecular weight is 262 g/mol. The molecule has 1 fully saturated rings. The summed E-state index contributed by atoms with van der Waals surface area (Å²) in [6.07, 6.45) is 3.78. The Balaban J connectivity index is 2.10. The molecule has 0 atom stereocenters. The summed E-state index contributed by atoms with van der Waals surface area (Å²) in [4.78, 5) is 11.4. The van der Waals surface area contributed by atoms with Crippen LogP contribution in [0.4, 0.5) is 11.6 Å². The molecule has 1 saturated heterocycles. The van der Waals surface area contributed by atoms with E-state index in [1.165, 1.54) is 19.3 Å². The maximum absolute atomic E-state index is 4.59. The van der Waals surface area contributed by atoms with Gasteiger partial charge in [-0.05, 0) is 32.1 Å². The molecule has 0 aromatic carbocycles. The molecule has 106 valence electrons. The monoisotopic (exact) mass is 262 g/mol. The highest BCUT2D eigenvalue weighted by Gasteiger charge is 2.28. The van der Waals surface area contributed by atoms with Crippen LogP contribution in [0.2, 0.25) is 0 Å². The van der Waals surface area contributed by atoms with Crippen LogP contribution >= 0.6 is 0 Å². The van der Waals surface area contributed by atoms with Crippen molar-refractivity contribution >= 4 is 11.6 Å². The van der Waals surface area contributed by atoms with Gasteiger partial charge < -0.3 is 10.2 Å². The highest BCUT2D eigenvalue weighted by molar-refractivity contribution is 5.49. The third-order valence-corrected chi connectivity index (χ3v) is 4.33. The molecule has 1 aliphatic rings. The Kier molecular flexibility index (Phi) is 4.27. The van der Waals surface area contributed by atoms with E-state index in [0.717, 1.165) is 37.1 Å². The van der Waals surface area contributed by atoms with Gasteiger partial charge in [-0.2, -0.15) is 0 Å². The first-order valence-electron chi connectivity index (χ1n) is 7.41. The lowest BCUT2D eigenvalue weighted by Gasteiger charge is -2.39. The molecule has 2 rings (SSSR count). The lowest BCUT2D eigenvalue weighted by atomic mass is 9.78. The molecular weight excluding hydrogens is 236 g/mol. The summed E-state index contributed by atoms with van der Waals surface area (Å²) in [6.45, 7) is 11.9. The quantitative estimate of drug-likeness (QED) is 0.904. The number of hydrogen-bond donors (Lipinski definition) is 1. The second-order valence-corrected chi connectivity index (χ2v) is 5.84. The predicted octanol–water partition coefficient (Wildman–Crippen LogP) is 3.23. The van der Waals surface area contributed by atoms with Crippen LogP contribution in [-0.4, -0.2) is 29.6 Å². The van der Waals surface area contributed by atoms with E-state index >= 15 is 0 Å². The molecule has 1 aromatic heterocycles. The first-order chi connectivity index (χ1) is 9.06. The smallest absolute Gasteiger partial charge is 0.134 e. The van der Waals surface area contributed by atoms with E-state index in [4.69, 9.17) is 0 Å². The van der Waals surface area contributed by atoms with Crippen molar-refractivity contribution in [3.63, 3.8) is 0 Å². The van der Waals surface area contributed by atoms with Crippen LogP contribution < -0.4 is 10.2 Å². The summed E-state index contributed by atoms with van der Waals surface area (Å²) in [7, 11) is 0. The minimum absolute atomic E-state index is 0.517. The normalized spacial score (nSPS) is 18.4. The maximum Gasteiger partial charge on any atom is 0.134 e. The first kappa shape index (κ1) is 14.1. The van der Waals surface area contributed by atoms with Crippen LogP contribution in [0.25, 0.3) is 0 Å². The van der Waals surface area contributed by atoms with E-state index in [-0.39, 0.29) is 0 Å². The standard InChI is InChI=1S/C15H26N4/c1-5-15(4)7-9-19(10-8-15)14-11-13(16-6-2)17-12(3)18-14/h11H,5-10H2,1-4H3,(H,16,17,18). The second kappa shape index (κ2) is 5.76. The number of nitrogens with one attached hydrogen (secondary N) is 1. The molecule has 4 heteroatoms. The molecular formula is C15H26N4. The Morgan fingerprint density at radius 1 is 1.26 bits per heavy atom. The number of rotatable bonds is 4. The summed E-state index contributed by atoms with van der Waals surface area (Å²) in [5, 5.41) is 3.28. The number of piperidine rings is 1. The summed E-state index contributed by atoms with van der Waals surface area (Å²) in [5.74, 6) is 2.85. The highest BCUT2D eigenvalue weighted by Crippen LogP contribution is 2.35. The van der Waals surface area contributed by atoms with Gasteiger partial charge >= 0.3 is 0 Å². The van der Waals surface area contributed by atoms with Gasteiger partial charge in [0.2, 0.25) is 0 Å². The van der Waals surface area contributed by atoms with Crippen molar-refractivity contribution in [2.24, 2.45) is 5.41 Å². The second-order valence-electron chi connectivity index (χ2n) is 5.84. The number of aryl methyl sites for hydroxylation is 1. The number of anilines is 2. The molecule has 0 bridgehead atoms. The number of aromatic nitrogens is 2. The number of hydrogen-bond acceptors (Lipinski definition) is 4. The van der Waals surface area contributed by atoms with E-state index in [1.807, 2.05) is 6.92 Å². The van der Waals surface area contributed by atoms with Crippen LogP contribution in [0.5, 0.6) is 0 Å². The topological polar surface area (TPSA) is 41.0 Å². The average Bonchev–Trinajstić information content (AvgIpc) is 2.39. The molecule has 1 N–H and O–H groups in total. The fourth-order valence-corrected chi connectivity index (χ4v) is 2.61. The van der Waals surface area contributed by atoms with E-state index in [9.17, 15) is 0 Å². The minimum atomic E-state index is 0.517. The van der Waals surface area contributed by atoms with Gasteiger partial charge in [0.25, 0.3) is 0 Å². The van der Waals surface area contributed by atoms with Gasteiger partial charge in [0.05, 0.1) is 0 Å². The van der Waals surface area contributed by atoms with Crippen molar-refractivity contribution in [1.82, 2.24) is 9.97 Å². The van der Waals surface area contributed by atoms with E-state index in [1.54, 1.807) is 0 Å². The highest BCUT2D eigenvalue weighted by atomic mass is 15.2. The molecule has 0 spiro atoms. The molecule has 0 unspecified atom stereocenters. The van der Waals surface area contributed by atoms with Gasteiger partial charge in [-0.15, -0.1) is 0 Å². The molecule has 1 aromatic rings. The Labute approximate surface area is 116 Å². The van der Waals surface area contributed by atoms with Crippen molar-refractivity contribution in [1.29, 1.82) is 0 Å². The Bertz CT molecular complexity index is 422. The number of nitrogens with zero attached hydrogens (tertiary/aromatic N) is 3.